The molecule has 0 unspecified atom stereocenters. The zero-order chi connectivity index (χ0) is 8.36. The fraction of sp³-hybridized carbons (Fsp3) is 0.600. The van der Waals surface area contributed by atoms with Crippen molar-refractivity contribution in [3.63, 3.8) is 0 Å². The molecule has 0 saturated carbocycles. The van der Waals surface area contributed by atoms with Crippen LogP contribution in [0.5, 0.6) is 0 Å². The minimum Gasteiger partial charge on any atom is -0.384 e. The van der Waals surface area contributed by atoms with Crippen molar-refractivity contribution in [1.82, 2.24) is 0 Å². The third kappa shape index (κ3) is 9.08. The second-order valence-corrected chi connectivity index (χ2v) is 2.22. The van der Waals surface area contributed by atoms with Gasteiger partial charge in [0.1, 0.15) is 6.61 Å². The van der Waals surface area contributed by atoms with E-state index in [0.717, 1.165) is 12.8 Å². The Kier molecular flexibility index (Phi) is 8.32. The number of unbranched alkanes of at least 4 members (excludes halogenated alkanes) is 3. The van der Waals surface area contributed by atoms with E-state index in [-0.39, 0.29) is 6.61 Å². The highest BCUT2D eigenvalue weighted by Gasteiger charge is 1.79. The Morgan fingerprint density at radius 1 is 1.09 bits per heavy atom. The predicted octanol–water partition coefficient (Wildman–Crippen LogP) is 1.57. The highest BCUT2D eigenvalue weighted by molar-refractivity contribution is 5.25. The van der Waals surface area contributed by atoms with Crippen LogP contribution in [0.4, 0.5) is 0 Å². The normalized spacial score (nSPS) is 7.45. The van der Waals surface area contributed by atoms with Gasteiger partial charge in [0, 0.05) is 6.42 Å². The number of aliphatic hydroxyl groups excluding tert-OH is 1. The summed E-state index contributed by atoms with van der Waals surface area (Å²) in [5, 5.41) is 8.27. The van der Waals surface area contributed by atoms with Crippen LogP contribution in [0.15, 0.2) is 0 Å². The van der Waals surface area contributed by atoms with Gasteiger partial charge in [0.2, 0.25) is 0 Å². The average Bonchev–Trinajstić information content (AvgIpc) is 2.03. The topological polar surface area (TPSA) is 20.2 Å². The van der Waals surface area contributed by atoms with Crippen LogP contribution in [0.1, 0.15) is 32.6 Å². The molecule has 1 heteroatoms. The van der Waals surface area contributed by atoms with Crippen molar-refractivity contribution < 1.29 is 5.11 Å². The van der Waals surface area contributed by atoms with Gasteiger partial charge in [0.05, 0.1) is 0 Å². The summed E-state index contributed by atoms with van der Waals surface area (Å²) in [5.74, 6) is 10.6. The summed E-state index contributed by atoms with van der Waals surface area (Å²) in [7, 11) is 0. The Labute approximate surface area is 68.8 Å². The monoisotopic (exact) mass is 150 g/mol. The summed E-state index contributed by atoms with van der Waals surface area (Å²) in [6.07, 6.45) is 4.55. The first-order valence-electron chi connectivity index (χ1n) is 3.98. The van der Waals surface area contributed by atoms with Gasteiger partial charge < -0.3 is 5.11 Å². The third-order valence-electron chi connectivity index (χ3n) is 1.22. The summed E-state index contributed by atoms with van der Waals surface area (Å²) in [4.78, 5) is 0. The molecule has 0 bridgehead atoms. The highest BCUT2D eigenvalue weighted by Crippen LogP contribution is 1.96. The Hall–Kier alpha value is -0.920. The highest BCUT2D eigenvalue weighted by atomic mass is 16.2. The van der Waals surface area contributed by atoms with Crippen LogP contribution in [0.2, 0.25) is 0 Å². The molecule has 0 amide bonds. The first-order valence-corrected chi connectivity index (χ1v) is 3.98. The average molecular weight is 150 g/mol. The molecule has 0 heterocycles. The maximum Gasteiger partial charge on any atom is 0.105 e. The summed E-state index contributed by atoms with van der Waals surface area (Å²) < 4.78 is 0. The van der Waals surface area contributed by atoms with Crippen LogP contribution in [0, 0.1) is 23.7 Å². The van der Waals surface area contributed by atoms with Crippen LogP contribution >= 0.6 is 0 Å². The van der Waals surface area contributed by atoms with Gasteiger partial charge in [-0.25, -0.2) is 0 Å². The van der Waals surface area contributed by atoms with E-state index in [9.17, 15) is 0 Å². The first-order chi connectivity index (χ1) is 5.41. The van der Waals surface area contributed by atoms with Crippen LogP contribution in [-0.4, -0.2) is 11.7 Å². The molecule has 0 atom stereocenters. The van der Waals surface area contributed by atoms with Gasteiger partial charge >= 0.3 is 0 Å². The molecule has 11 heavy (non-hydrogen) atoms. The summed E-state index contributed by atoms with van der Waals surface area (Å²) in [6, 6.07) is 0. The number of hydrogen-bond donors (Lipinski definition) is 1. The standard InChI is InChI=1S/C10H14O/c1-2-3-4-5-6-7-8-9-10-11/h11H,2-5,10H2,1H3. The largest absolute Gasteiger partial charge is 0.384 e. The predicted molar refractivity (Wildman–Crippen MR) is 46.8 cm³/mol. The van der Waals surface area contributed by atoms with E-state index in [2.05, 4.69) is 30.6 Å². The molecule has 0 fully saturated rings. The molecule has 0 aromatic heterocycles. The molecule has 1 N–H and O–H groups in total. The van der Waals surface area contributed by atoms with Crippen molar-refractivity contribution in [1.29, 1.82) is 0 Å². The van der Waals surface area contributed by atoms with Crippen LogP contribution in [0.25, 0.3) is 0 Å². The molecule has 0 spiro atoms. The Morgan fingerprint density at radius 2 is 1.82 bits per heavy atom. The van der Waals surface area contributed by atoms with Crippen molar-refractivity contribution in [2.75, 3.05) is 6.61 Å². The summed E-state index contributed by atoms with van der Waals surface area (Å²) >= 11 is 0. The van der Waals surface area contributed by atoms with E-state index < -0.39 is 0 Å². The lowest BCUT2D eigenvalue weighted by Crippen LogP contribution is -1.71. The third-order valence-corrected chi connectivity index (χ3v) is 1.22. The van der Waals surface area contributed by atoms with E-state index in [0.29, 0.717) is 0 Å². The van der Waals surface area contributed by atoms with Gasteiger partial charge in [0.15, 0.2) is 0 Å². The maximum absolute atomic E-state index is 8.27. The molecule has 0 rings (SSSR count). The molecule has 1 nitrogen and oxygen atoms in total. The minimum absolute atomic E-state index is 0.0936. The quantitative estimate of drug-likeness (QED) is 0.478. The van der Waals surface area contributed by atoms with Gasteiger partial charge in [-0.15, -0.1) is 0 Å². The maximum atomic E-state index is 8.27. The molecule has 0 aliphatic heterocycles. The molecule has 0 aliphatic rings. The van der Waals surface area contributed by atoms with E-state index in [1.54, 1.807) is 0 Å². The van der Waals surface area contributed by atoms with E-state index >= 15 is 0 Å². The Morgan fingerprint density at radius 3 is 2.45 bits per heavy atom. The van der Waals surface area contributed by atoms with Gasteiger partial charge in [-0.05, 0) is 18.3 Å². The second-order valence-electron chi connectivity index (χ2n) is 2.22. The van der Waals surface area contributed by atoms with Crippen molar-refractivity contribution >= 4 is 0 Å². The van der Waals surface area contributed by atoms with Crippen LogP contribution in [0.3, 0.4) is 0 Å². The fourth-order valence-electron chi connectivity index (χ4n) is 0.654. The fourth-order valence-corrected chi connectivity index (χ4v) is 0.654. The van der Waals surface area contributed by atoms with Gasteiger partial charge in [-0.2, -0.15) is 0 Å². The molecular weight excluding hydrogens is 136 g/mol. The van der Waals surface area contributed by atoms with E-state index in [1.807, 2.05) is 0 Å². The molecule has 60 valence electrons. The minimum atomic E-state index is -0.0936. The van der Waals surface area contributed by atoms with Crippen molar-refractivity contribution in [3.8, 4) is 23.7 Å². The zero-order valence-corrected chi connectivity index (χ0v) is 6.98. The Bertz CT molecular complexity index is 184. The smallest absolute Gasteiger partial charge is 0.105 e. The van der Waals surface area contributed by atoms with Crippen molar-refractivity contribution in [3.05, 3.63) is 0 Å². The molecular formula is C10H14O. The lowest BCUT2D eigenvalue weighted by Gasteiger charge is -1.86. The molecule has 0 aliphatic carbocycles. The number of hydrogen-bond acceptors (Lipinski definition) is 1. The molecule has 0 saturated heterocycles. The molecule has 0 radical (unpaired) electrons. The summed E-state index contributed by atoms with van der Waals surface area (Å²) in [5.41, 5.74) is 0. The van der Waals surface area contributed by atoms with E-state index in [1.165, 1.54) is 12.8 Å². The summed E-state index contributed by atoms with van der Waals surface area (Å²) in [6.45, 7) is 2.07. The van der Waals surface area contributed by atoms with Crippen LogP contribution < -0.4 is 0 Å². The lowest BCUT2D eigenvalue weighted by molar-refractivity contribution is 0.350. The second kappa shape index (κ2) is 9.08. The van der Waals surface area contributed by atoms with Crippen molar-refractivity contribution in [2.45, 2.75) is 32.6 Å². The van der Waals surface area contributed by atoms with Gasteiger partial charge in [-0.1, -0.05) is 31.6 Å². The first kappa shape index (κ1) is 10.1. The van der Waals surface area contributed by atoms with Crippen molar-refractivity contribution in [2.24, 2.45) is 0 Å². The molecule has 0 aromatic carbocycles. The van der Waals surface area contributed by atoms with E-state index in [4.69, 9.17) is 5.11 Å². The Balaban J connectivity index is 3.26. The number of rotatable bonds is 3. The van der Waals surface area contributed by atoms with Gasteiger partial charge in [-0.3, -0.25) is 0 Å². The lowest BCUT2D eigenvalue weighted by atomic mass is 10.2. The number of aliphatic hydroxyl groups is 1. The molecule has 0 aromatic rings. The SMILES string of the molecule is CCCCCC#CC#CCO. The van der Waals surface area contributed by atoms with Gasteiger partial charge in [0.25, 0.3) is 0 Å². The van der Waals surface area contributed by atoms with Crippen LogP contribution in [-0.2, 0) is 0 Å². The zero-order valence-electron chi connectivity index (χ0n) is 6.98.